The number of amides is 2. The van der Waals surface area contributed by atoms with Gasteiger partial charge in [0.25, 0.3) is 0 Å². The lowest BCUT2D eigenvalue weighted by molar-refractivity contribution is -0.0951. The summed E-state index contributed by atoms with van der Waals surface area (Å²) >= 11 is 1.43. The van der Waals surface area contributed by atoms with Crippen molar-refractivity contribution < 1.29 is 32.6 Å². The zero-order valence-electron chi connectivity index (χ0n) is 20.9. The van der Waals surface area contributed by atoms with Crippen LogP contribution in [0.1, 0.15) is 57.4 Å². The van der Waals surface area contributed by atoms with E-state index in [0.29, 0.717) is 23.7 Å². The van der Waals surface area contributed by atoms with Crippen molar-refractivity contribution in [1.82, 2.24) is 15.0 Å². The van der Waals surface area contributed by atoms with E-state index in [1.807, 2.05) is 0 Å². The van der Waals surface area contributed by atoms with Crippen LogP contribution in [0.5, 0.6) is 0 Å². The van der Waals surface area contributed by atoms with Crippen LogP contribution in [0.2, 0.25) is 0 Å². The third-order valence-corrected chi connectivity index (χ3v) is 9.02. The fourth-order valence-corrected chi connectivity index (χ4v) is 7.18. The standard InChI is InChI=1S/C24H32N4O7S2/c1-24(2,3)28-37(32,33)20-10-16(27-23(31)35-17-12-34-13-17)8-9-18(20)19-11-25-21(36-19)14-4-6-15(7-5-14)26-22(29)30/h8-11,14-15,17,26,28H,4-7,12-13H2,1-3H3,(H,27,31)(H,29,30)/t14-,15-. The number of rotatable bonds is 7. The van der Waals surface area contributed by atoms with E-state index in [0.717, 1.165) is 30.7 Å². The lowest BCUT2D eigenvalue weighted by atomic mass is 9.86. The average molecular weight is 553 g/mol. The van der Waals surface area contributed by atoms with Gasteiger partial charge in [0.15, 0.2) is 6.10 Å². The quantitative estimate of drug-likeness (QED) is 0.400. The van der Waals surface area contributed by atoms with Crippen LogP contribution in [0.4, 0.5) is 15.3 Å². The van der Waals surface area contributed by atoms with E-state index in [2.05, 4.69) is 20.3 Å². The van der Waals surface area contributed by atoms with E-state index in [9.17, 15) is 18.0 Å². The number of carbonyl (C=O) groups is 2. The Bertz CT molecular complexity index is 1240. The molecule has 2 aromatic rings. The van der Waals surface area contributed by atoms with Crippen molar-refractivity contribution in [3.05, 3.63) is 29.4 Å². The summed E-state index contributed by atoms with van der Waals surface area (Å²) in [5, 5.41) is 15.0. The fraction of sp³-hybridized carbons (Fsp3) is 0.542. The molecule has 2 fully saturated rings. The Balaban J connectivity index is 1.58. The number of sulfonamides is 1. The van der Waals surface area contributed by atoms with Gasteiger partial charge in [-0.2, -0.15) is 0 Å². The largest absolute Gasteiger partial charge is 0.465 e. The molecule has 4 N–H and O–H groups in total. The Kier molecular flexibility index (Phi) is 8.07. The predicted molar refractivity (Wildman–Crippen MR) is 138 cm³/mol. The number of carboxylic acid groups (broad SMARTS) is 1. The number of anilines is 1. The van der Waals surface area contributed by atoms with E-state index >= 15 is 0 Å². The molecule has 0 atom stereocenters. The van der Waals surface area contributed by atoms with Gasteiger partial charge >= 0.3 is 12.2 Å². The van der Waals surface area contributed by atoms with Crippen LogP contribution >= 0.6 is 11.3 Å². The van der Waals surface area contributed by atoms with Crippen LogP contribution in [0.25, 0.3) is 10.4 Å². The Hall–Kier alpha value is -2.74. The molecular formula is C24H32N4O7S2. The number of nitrogens with zero attached hydrogens (tertiary/aromatic N) is 1. The molecule has 1 aliphatic carbocycles. The second-order valence-electron chi connectivity index (χ2n) is 10.3. The molecule has 13 heteroatoms. The third-order valence-electron chi connectivity index (χ3n) is 6.03. The van der Waals surface area contributed by atoms with Gasteiger partial charge in [0.05, 0.1) is 28.0 Å². The van der Waals surface area contributed by atoms with Gasteiger partial charge in [-0.3, -0.25) is 5.32 Å². The number of nitrogens with one attached hydrogen (secondary N) is 3. The molecule has 37 heavy (non-hydrogen) atoms. The first kappa shape index (κ1) is 27.3. The minimum Gasteiger partial charge on any atom is -0.465 e. The molecule has 1 saturated carbocycles. The van der Waals surface area contributed by atoms with Crippen molar-refractivity contribution in [2.75, 3.05) is 18.5 Å². The number of aromatic nitrogens is 1. The van der Waals surface area contributed by atoms with Crippen molar-refractivity contribution in [3.63, 3.8) is 0 Å². The van der Waals surface area contributed by atoms with Gasteiger partial charge in [-0.1, -0.05) is 6.07 Å². The molecule has 2 amide bonds. The van der Waals surface area contributed by atoms with Gasteiger partial charge in [0.2, 0.25) is 10.0 Å². The molecule has 0 radical (unpaired) electrons. The van der Waals surface area contributed by atoms with E-state index in [-0.39, 0.29) is 28.6 Å². The normalized spacial score (nSPS) is 20.6. The topological polar surface area (TPSA) is 156 Å². The lowest BCUT2D eigenvalue weighted by Crippen LogP contribution is -2.40. The van der Waals surface area contributed by atoms with Crippen molar-refractivity contribution in [2.24, 2.45) is 0 Å². The van der Waals surface area contributed by atoms with Crippen molar-refractivity contribution in [2.45, 2.75) is 75.0 Å². The van der Waals surface area contributed by atoms with Crippen molar-refractivity contribution >= 4 is 39.2 Å². The Morgan fingerprint density at radius 2 is 1.86 bits per heavy atom. The Morgan fingerprint density at radius 3 is 2.46 bits per heavy atom. The average Bonchev–Trinajstić information content (AvgIpc) is 3.25. The summed E-state index contributed by atoms with van der Waals surface area (Å²) in [5.74, 6) is 0.185. The summed E-state index contributed by atoms with van der Waals surface area (Å²) in [6.45, 7) is 5.94. The van der Waals surface area contributed by atoms with Gasteiger partial charge in [0, 0.05) is 34.9 Å². The van der Waals surface area contributed by atoms with Gasteiger partial charge in [-0.25, -0.2) is 27.7 Å². The smallest absolute Gasteiger partial charge is 0.412 e. The summed E-state index contributed by atoms with van der Waals surface area (Å²) < 4.78 is 39.7. The van der Waals surface area contributed by atoms with Crippen LogP contribution in [0, 0.1) is 0 Å². The maximum absolute atomic E-state index is 13.4. The highest BCUT2D eigenvalue weighted by Gasteiger charge is 2.29. The molecule has 0 bridgehead atoms. The van der Waals surface area contributed by atoms with Gasteiger partial charge in [-0.05, 0) is 58.6 Å². The summed E-state index contributed by atoms with van der Waals surface area (Å²) in [6, 6.07) is 4.65. The first-order valence-electron chi connectivity index (χ1n) is 12.1. The maximum Gasteiger partial charge on any atom is 0.412 e. The molecule has 1 saturated heterocycles. The summed E-state index contributed by atoms with van der Waals surface area (Å²) in [6.07, 6.45) is 2.72. The molecule has 2 aliphatic rings. The molecule has 11 nitrogen and oxygen atoms in total. The highest BCUT2D eigenvalue weighted by atomic mass is 32.2. The lowest BCUT2D eigenvalue weighted by Gasteiger charge is -2.27. The molecular weight excluding hydrogens is 520 g/mol. The van der Waals surface area contributed by atoms with Crippen molar-refractivity contribution in [1.29, 1.82) is 0 Å². The van der Waals surface area contributed by atoms with Gasteiger partial charge < -0.3 is 19.9 Å². The molecule has 4 rings (SSSR count). The van der Waals surface area contributed by atoms with Gasteiger partial charge in [-0.15, -0.1) is 11.3 Å². The molecule has 2 heterocycles. The van der Waals surface area contributed by atoms with E-state index < -0.39 is 27.7 Å². The second kappa shape index (κ2) is 10.9. The number of carbonyl (C=O) groups excluding carboxylic acids is 1. The summed E-state index contributed by atoms with van der Waals surface area (Å²) in [7, 11) is -3.95. The van der Waals surface area contributed by atoms with Crippen LogP contribution in [-0.4, -0.2) is 61.6 Å². The SMILES string of the molecule is CC(C)(C)NS(=O)(=O)c1cc(NC(=O)OC2COC2)ccc1-c1cnc([C@H]2CC[C@H](NC(=O)O)CC2)s1. The van der Waals surface area contributed by atoms with Gasteiger partial charge in [0.1, 0.15) is 0 Å². The van der Waals surface area contributed by atoms with Crippen molar-refractivity contribution in [3.8, 4) is 10.4 Å². The van der Waals surface area contributed by atoms with Crippen LogP contribution < -0.4 is 15.4 Å². The fourth-order valence-electron chi connectivity index (χ4n) is 4.33. The number of hydrogen-bond donors (Lipinski definition) is 4. The second-order valence-corrected chi connectivity index (χ2v) is 13.0. The first-order chi connectivity index (χ1) is 17.4. The van der Waals surface area contributed by atoms with E-state index in [1.54, 1.807) is 39.1 Å². The third kappa shape index (κ3) is 7.18. The minimum absolute atomic E-state index is 0.0248. The Labute approximate surface area is 220 Å². The molecule has 1 aromatic heterocycles. The van der Waals surface area contributed by atoms with Crippen LogP contribution in [0.3, 0.4) is 0 Å². The van der Waals surface area contributed by atoms with Crippen LogP contribution in [-0.2, 0) is 19.5 Å². The predicted octanol–water partition coefficient (Wildman–Crippen LogP) is 4.13. The highest BCUT2D eigenvalue weighted by molar-refractivity contribution is 7.89. The molecule has 0 spiro atoms. The summed E-state index contributed by atoms with van der Waals surface area (Å²) in [4.78, 5) is 28.4. The zero-order valence-corrected chi connectivity index (χ0v) is 22.6. The number of ether oxygens (including phenoxy) is 2. The Morgan fingerprint density at radius 1 is 1.16 bits per heavy atom. The molecule has 1 aliphatic heterocycles. The monoisotopic (exact) mass is 552 g/mol. The van der Waals surface area contributed by atoms with Crippen LogP contribution in [0.15, 0.2) is 29.3 Å². The molecule has 0 unspecified atom stereocenters. The van der Waals surface area contributed by atoms with E-state index in [1.165, 1.54) is 17.4 Å². The van der Waals surface area contributed by atoms with E-state index in [4.69, 9.17) is 14.6 Å². The summed E-state index contributed by atoms with van der Waals surface area (Å²) in [5.41, 5.74) is 0.0507. The minimum atomic E-state index is -3.95. The number of benzene rings is 1. The maximum atomic E-state index is 13.4. The molecule has 1 aromatic carbocycles. The molecule has 202 valence electrons. The number of thiazole rings is 1. The number of hydrogen-bond acceptors (Lipinski definition) is 8. The first-order valence-corrected chi connectivity index (χ1v) is 14.4. The zero-order chi connectivity index (χ0) is 26.8. The highest BCUT2D eigenvalue weighted by Crippen LogP contribution is 2.40.